The summed E-state index contributed by atoms with van der Waals surface area (Å²) in [5.41, 5.74) is 4.01. The molecule has 2 atom stereocenters. The Balaban J connectivity index is 1.42. The number of rotatable bonds is 3. The predicted molar refractivity (Wildman–Crippen MR) is 150 cm³/mol. The third-order valence-corrected chi connectivity index (χ3v) is 9.41. The van der Waals surface area contributed by atoms with Gasteiger partial charge in [-0.05, 0) is 95.7 Å². The van der Waals surface area contributed by atoms with Crippen molar-refractivity contribution in [1.82, 2.24) is 9.80 Å². The number of aryl methyl sites for hydroxylation is 2. The first-order chi connectivity index (χ1) is 18.2. The normalized spacial score (nSPS) is 23.3. The standard InChI is InChI=1S/C32H41F2N3O2/c1-19(2)37-28-15-21(4)20(3)14-26(28)32(30(37)39)10-12-35(13-11-32)29(38)25-18-36(31(5,6)7)17-24(25)23-9-8-22(33)16-27(23)34/h8-9,14-16,19,24-25H,10-13,17-18H2,1-7H3. The van der Waals surface area contributed by atoms with Crippen molar-refractivity contribution in [2.24, 2.45) is 5.92 Å². The number of amides is 2. The van der Waals surface area contributed by atoms with E-state index < -0.39 is 23.0 Å². The number of carbonyl (C=O) groups excluding carboxylic acids is 2. The molecule has 2 aromatic carbocycles. The fourth-order valence-corrected chi connectivity index (χ4v) is 6.90. The van der Waals surface area contributed by atoms with Crippen LogP contribution in [0.5, 0.6) is 0 Å². The summed E-state index contributed by atoms with van der Waals surface area (Å²) in [6.07, 6.45) is 1.14. The minimum absolute atomic E-state index is 0.00297. The third kappa shape index (κ3) is 4.56. The van der Waals surface area contributed by atoms with Gasteiger partial charge in [0.15, 0.2) is 0 Å². The summed E-state index contributed by atoms with van der Waals surface area (Å²) < 4.78 is 28.6. The monoisotopic (exact) mass is 537 g/mol. The minimum atomic E-state index is -0.621. The number of piperidine rings is 1. The zero-order chi connectivity index (χ0) is 28.4. The third-order valence-electron chi connectivity index (χ3n) is 9.41. The average Bonchev–Trinajstić information content (AvgIpc) is 3.39. The zero-order valence-electron chi connectivity index (χ0n) is 24.3. The first kappa shape index (κ1) is 27.8. The molecule has 39 heavy (non-hydrogen) atoms. The molecular weight excluding hydrogens is 496 g/mol. The number of hydrogen-bond donors (Lipinski definition) is 0. The van der Waals surface area contributed by atoms with Gasteiger partial charge in [-0.2, -0.15) is 0 Å². The van der Waals surface area contributed by atoms with Crippen LogP contribution < -0.4 is 4.90 Å². The molecule has 0 N–H and O–H groups in total. The lowest BCUT2D eigenvalue weighted by atomic mass is 9.72. The van der Waals surface area contributed by atoms with Crippen molar-refractivity contribution in [2.45, 2.75) is 84.2 Å². The van der Waals surface area contributed by atoms with Crippen LogP contribution in [0.25, 0.3) is 0 Å². The van der Waals surface area contributed by atoms with Gasteiger partial charge in [-0.15, -0.1) is 0 Å². The molecule has 2 amide bonds. The first-order valence-corrected chi connectivity index (χ1v) is 14.2. The lowest BCUT2D eigenvalue weighted by Gasteiger charge is -2.40. The molecule has 2 saturated heterocycles. The summed E-state index contributed by atoms with van der Waals surface area (Å²) >= 11 is 0. The van der Waals surface area contributed by atoms with Crippen molar-refractivity contribution in [3.63, 3.8) is 0 Å². The Morgan fingerprint density at radius 2 is 1.64 bits per heavy atom. The molecule has 5 rings (SSSR count). The maximum absolute atomic E-state index is 14.9. The quantitative estimate of drug-likeness (QED) is 0.504. The van der Waals surface area contributed by atoms with Crippen LogP contribution in [0.1, 0.15) is 75.6 Å². The second-order valence-electron chi connectivity index (χ2n) is 13.1. The van der Waals surface area contributed by atoms with Gasteiger partial charge in [0.25, 0.3) is 0 Å². The highest BCUT2D eigenvalue weighted by molar-refractivity contribution is 6.09. The van der Waals surface area contributed by atoms with Crippen molar-refractivity contribution in [3.05, 3.63) is 64.2 Å². The number of fused-ring (bicyclic) bond motifs is 2. The Labute approximate surface area is 231 Å². The van der Waals surface area contributed by atoms with E-state index in [4.69, 9.17) is 0 Å². The maximum atomic E-state index is 14.9. The number of carbonyl (C=O) groups is 2. The van der Waals surface area contributed by atoms with E-state index in [0.29, 0.717) is 44.6 Å². The predicted octanol–water partition coefficient (Wildman–Crippen LogP) is 5.71. The van der Waals surface area contributed by atoms with Gasteiger partial charge >= 0.3 is 0 Å². The molecular formula is C32H41F2N3O2. The van der Waals surface area contributed by atoms with Crippen LogP contribution in [0.3, 0.4) is 0 Å². The molecule has 1 spiro atoms. The molecule has 7 heteroatoms. The van der Waals surface area contributed by atoms with Gasteiger partial charge in [0.2, 0.25) is 11.8 Å². The van der Waals surface area contributed by atoms with Gasteiger partial charge in [0.05, 0.1) is 11.3 Å². The molecule has 2 aromatic rings. The van der Waals surface area contributed by atoms with Gasteiger partial charge in [0.1, 0.15) is 11.6 Å². The van der Waals surface area contributed by atoms with E-state index >= 15 is 0 Å². The fraction of sp³-hybridized carbons (Fsp3) is 0.562. The molecule has 3 aliphatic heterocycles. The molecule has 0 radical (unpaired) electrons. The molecule has 2 fully saturated rings. The number of likely N-dealkylation sites (tertiary alicyclic amines) is 2. The molecule has 2 unspecified atom stereocenters. The van der Waals surface area contributed by atoms with Crippen LogP contribution in [0.15, 0.2) is 30.3 Å². The van der Waals surface area contributed by atoms with Gasteiger partial charge in [-0.1, -0.05) is 12.1 Å². The second-order valence-corrected chi connectivity index (χ2v) is 13.1. The maximum Gasteiger partial charge on any atom is 0.238 e. The minimum Gasteiger partial charge on any atom is -0.342 e. The van der Waals surface area contributed by atoms with Crippen molar-refractivity contribution in [2.75, 3.05) is 31.1 Å². The van der Waals surface area contributed by atoms with E-state index in [1.165, 1.54) is 23.3 Å². The highest BCUT2D eigenvalue weighted by atomic mass is 19.1. The van der Waals surface area contributed by atoms with Crippen LogP contribution in [-0.2, 0) is 15.0 Å². The number of nitrogens with zero attached hydrogens (tertiary/aromatic N) is 3. The summed E-state index contributed by atoms with van der Waals surface area (Å²) in [6, 6.07) is 8.04. The molecule has 0 saturated carbocycles. The number of benzene rings is 2. The Bertz CT molecular complexity index is 1310. The van der Waals surface area contributed by atoms with Gasteiger partial charge < -0.3 is 9.80 Å². The topological polar surface area (TPSA) is 43.9 Å². The Hall–Kier alpha value is -2.80. The largest absolute Gasteiger partial charge is 0.342 e. The fourth-order valence-electron chi connectivity index (χ4n) is 6.90. The van der Waals surface area contributed by atoms with Crippen LogP contribution in [0, 0.1) is 31.4 Å². The molecule has 0 aliphatic carbocycles. The lowest BCUT2D eigenvalue weighted by molar-refractivity contribution is -0.139. The summed E-state index contributed by atoms with van der Waals surface area (Å²) in [7, 11) is 0. The van der Waals surface area contributed by atoms with E-state index in [0.717, 1.165) is 17.3 Å². The Morgan fingerprint density at radius 3 is 2.23 bits per heavy atom. The van der Waals surface area contributed by atoms with E-state index in [1.54, 1.807) is 0 Å². The highest BCUT2D eigenvalue weighted by Crippen LogP contribution is 2.50. The van der Waals surface area contributed by atoms with Gasteiger partial charge in [-0.25, -0.2) is 8.78 Å². The van der Waals surface area contributed by atoms with E-state index in [9.17, 15) is 18.4 Å². The molecule has 0 aromatic heterocycles. The summed E-state index contributed by atoms with van der Waals surface area (Å²) in [4.78, 5) is 34.0. The smallest absolute Gasteiger partial charge is 0.238 e. The molecule has 3 heterocycles. The summed E-state index contributed by atoms with van der Waals surface area (Å²) in [5, 5.41) is 0. The van der Waals surface area contributed by atoms with Crippen LogP contribution in [-0.4, -0.2) is 59.4 Å². The summed E-state index contributed by atoms with van der Waals surface area (Å²) in [6.45, 7) is 16.5. The van der Waals surface area contributed by atoms with Crippen LogP contribution >= 0.6 is 0 Å². The van der Waals surface area contributed by atoms with Crippen LogP contribution in [0.2, 0.25) is 0 Å². The number of hydrogen-bond acceptors (Lipinski definition) is 3. The molecule has 5 nitrogen and oxygen atoms in total. The molecule has 210 valence electrons. The second kappa shape index (κ2) is 9.69. The van der Waals surface area contributed by atoms with Crippen molar-refractivity contribution >= 4 is 17.5 Å². The van der Waals surface area contributed by atoms with E-state index in [-0.39, 0.29) is 29.3 Å². The van der Waals surface area contributed by atoms with E-state index in [1.807, 2.05) is 23.6 Å². The van der Waals surface area contributed by atoms with Crippen molar-refractivity contribution in [3.8, 4) is 0 Å². The zero-order valence-corrected chi connectivity index (χ0v) is 24.3. The Kier molecular flexibility index (Phi) is 6.89. The molecule has 3 aliphatic rings. The van der Waals surface area contributed by atoms with Gasteiger partial charge in [0, 0.05) is 55.4 Å². The highest BCUT2D eigenvalue weighted by Gasteiger charge is 2.54. The van der Waals surface area contributed by atoms with Crippen LogP contribution in [0.4, 0.5) is 14.5 Å². The van der Waals surface area contributed by atoms with E-state index in [2.05, 4.69) is 51.7 Å². The first-order valence-electron chi connectivity index (χ1n) is 14.2. The Morgan fingerprint density at radius 1 is 1.00 bits per heavy atom. The van der Waals surface area contributed by atoms with Crippen molar-refractivity contribution in [1.29, 1.82) is 0 Å². The van der Waals surface area contributed by atoms with Crippen molar-refractivity contribution < 1.29 is 18.4 Å². The summed E-state index contributed by atoms with van der Waals surface area (Å²) in [5.74, 6) is -1.87. The molecule has 0 bridgehead atoms. The van der Waals surface area contributed by atoms with Gasteiger partial charge in [-0.3, -0.25) is 14.5 Å². The SMILES string of the molecule is Cc1cc2c(cc1C)C1(CCN(C(=O)C3CN(C(C)(C)C)CC3c3ccc(F)cc3F)CC1)C(=O)N2C(C)C. The average molecular weight is 538 g/mol. The number of anilines is 1. The number of halogens is 2. The lowest BCUT2D eigenvalue weighted by Crippen LogP contribution is -2.52.